The number of nitrogens with zero attached hydrogens (tertiary/aromatic N) is 2. The van der Waals surface area contributed by atoms with Crippen molar-refractivity contribution in [2.75, 3.05) is 13.1 Å². The number of hydrogen-bond donors (Lipinski definition) is 2. The first kappa shape index (κ1) is 18.1. The fourth-order valence-corrected chi connectivity index (χ4v) is 3.60. The van der Waals surface area contributed by atoms with Crippen molar-refractivity contribution in [3.05, 3.63) is 11.4 Å². The molecular weight excluding hydrogens is 288 g/mol. The minimum absolute atomic E-state index is 0.0952. The maximum absolute atomic E-state index is 12.5. The molecule has 0 bridgehead atoms. The van der Waals surface area contributed by atoms with Gasteiger partial charge in [-0.3, -0.25) is 4.68 Å². The molecule has 0 radical (unpaired) electrons. The zero-order valence-electron chi connectivity index (χ0n) is 13.7. The highest BCUT2D eigenvalue weighted by Crippen LogP contribution is 2.21. The van der Waals surface area contributed by atoms with Crippen LogP contribution in [0.2, 0.25) is 0 Å². The predicted molar refractivity (Wildman–Crippen MR) is 84.6 cm³/mol. The van der Waals surface area contributed by atoms with Crippen molar-refractivity contribution >= 4 is 10.0 Å². The van der Waals surface area contributed by atoms with Crippen LogP contribution in [0.25, 0.3) is 0 Å². The van der Waals surface area contributed by atoms with Crippen molar-refractivity contribution in [2.24, 2.45) is 11.1 Å². The highest BCUT2D eigenvalue weighted by Gasteiger charge is 2.24. The van der Waals surface area contributed by atoms with E-state index in [4.69, 9.17) is 5.73 Å². The third-order valence-electron chi connectivity index (χ3n) is 3.32. The molecule has 0 aliphatic heterocycles. The summed E-state index contributed by atoms with van der Waals surface area (Å²) < 4.78 is 29.3. The lowest BCUT2D eigenvalue weighted by atomic mass is 9.93. The fraction of sp³-hybridized carbons (Fsp3) is 0.786. The Morgan fingerprint density at radius 3 is 2.43 bits per heavy atom. The van der Waals surface area contributed by atoms with Gasteiger partial charge in [0.25, 0.3) is 0 Å². The third-order valence-corrected chi connectivity index (χ3v) is 5.04. The van der Waals surface area contributed by atoms with Gasteiger partial charge in [-0.05, 0) is 38.6 Å². The summed E-state index contributed by atoms with van der Waals surface area (Å²) in [4.78, 5) is 0.299. The molecule has 0 atom stereocenters. The van der Waals surface area contributed by atoms with Gasteiger partial charge in [0.1, 0.15) is 4.90 Å². The summed E-state index contributed by atoms with van der Waals surface area (Å²) in [6.07, 6.45) is 1.56. The van der Waals surface area contributed by atoms with Crippen molar-refractivity contribution in [1.29, 1.82) is 0 Å². The molecule has 0 aliphatic rings. The second-order valence-corrected chi connectivity index (χ2v) is 8.28. The van der Waals surface area contributed by atoms with Crippen LogP contribution in [0.15, 0.2) is 4.90 Å². The number of aryl methyl sites for hydroxylation is 2. The molecule has 21 heavy (non-hydrogen) atoms. The first-order chi connectivity index (χ1) is 9.58. The van der Waals surface area contributed by atoms with Gasteiger partial charge in [-0.25, -0.2) is 13.1 Å². The van der Waals surface area contributed by atoms with Gasteiger partial charge in [-0.2, -0.15) is 5.10 Å². The van der Waals surface area contributed by atoms with Crippen molar-refractivity contribution in [1.82, 2.24) is 14.5 Å². The summed E-state index contributed by atoms with van der Waals surface area (Å²) >= 11 is 0. The molecule has 0 fully saturated rings. The van der Waals surface area contributed by atoms with Gasteiger partial charge in [0.15, 0.2) is 0 Å². The second-order valence-electron chi connectivity index (χ2n) is 6.57. The number of aromatic nitrogens is 2. The lowest BCUT2D eigenvalue weighted by molar-refractivity contribution is 0.378. The summed E-state index contributed by atoms with van der Waals surface area (Å²) in [7, 11) is -3.51. The third kappa shape index (κ3) is 5.09. The number of sulfonamides is 1. The van der Waals surface area contributed by atoms with Gasteiger partial charge in [-0.1, -0.05) is 20.8 Å². The number of nitrogens with one attached hydrogen (secondary N) is 1. The Kier molecular flexibility index (Phi) is 5.95. The van der Waals surface area contributed by atoms with Crippen LogP contribution in [-0.2, 0) is 16.6 Å². The van der Waals surface area contributed by atoms with Crippen molar-refractivity contribution in [3.8, 4) is 0 Å². The summed E-state index contributed by atoms with van der Waals surface area (Å²) in [6.45, 7) is 11.4. The summed E-state index contributed by atoms with van der Waals surface area (Å²) in [5, 5.41) is 4.31. The summed E-state index contributed by atoms with van der Waals surface area (Å²) in [6, 6.07) is 0. The molecule has 1 heterocycles. The molecule has 0 aromatic carbocycles. The first-order valence-corrected chi connectivity index (χ1v) is 8.80. The molecule has 7 heteroatoms. The van der Waals surface area contributed by atoms with Crippen LogP contribution in [0.4, 0.5) is 0 Å². The molecule has 1 rings (SSSR count). The van der Waals surface area contributed by atoms with Crippen molar-refractivity contribution in [3.63, 3.8) is 0 Å². The van der Waals surface area contributed by atoms with E-state index < -0.39 is 10.0 Å². The molecule has 6 nitrogen and oxygen atoms in total. The van der Waals surface area contributed by atoms with Gasteiger partial charge in [0.2, 0.25) is 10.0 Å². The number of nitrogens with two attached hydrogens (primary N) is 1. The highest BCUT2D eigenvalue weighted by atomic mass is 32.2. The maximum Gasteiger partial charge on any atom is 0.244 e. The summed E-state index contributed by atoms with van der Waals surface area (Å²) in [5.41, 5.74) is 6.79. The standard InChI is InChI=1S/C14H28N4O2S/c1-11-13(12(2)18(17-11)10-6-8-15)21(19,20)16-9-7-14(3,4)5/h16H,6-10,15H2,1-5H3. The van der Waals surface area contributed by atoms with Crippen LogP contribution in [0, 0.1) is 19.3 Å². The Hall–Kier alpha value is -0.920. The van der Waals surface area contributed by atoms with E-state index >= 15 is 0 Å². The van der Waals surface area contributed by atoms with Crippen LogP contribution < -0.4 is 10.5 Å². The monoisotopic (exact) mass is 316 g/mol. The topological polar surface area (TPSA) is 90.0 Å². The van der Waals surface area contributed by atoms with E-state index in [0.717, 1.165) is 12.8 Å². The van der Waals surface area contributed by atoms with E-state index in [2.05, 4.69) is 30.6 Å². The molecule has 122 valence electrons. The quantitative estimate of drug-likeness (QED) is 0.799. The van der Waals surface area contributed by atoms with E-state index in [1.54, 1.807) is 18.5 Å². The normalized spacial score (nSPS) is 12.9. The van der Waals surface area contributed by atoms with E-state index in [-0.39, 0.29) is 5.41 Å². The van der Waals surface area contributed by atoms with Gasteiger partial charge in [0, 0.05) is 13.1 Å². The van der Waals surface area contributed by atoms with Crippen molar-refractivity contribution in [2.45, 2.75) is 58.9 Å². The molecule has 1 aromatic heterocycles. The van der Waals surface area contributed by atoms with Crippen LogP contribution >= 0.6 is 0 Å². The molecule has 0 saturated heterocycles. The largest absolute Gasteiger partial charge is 0.330 e. The molecular formula is C14H28N4O2S. The zero-order valence-corrected chi connectivity index (χ0v) is 14.5. The van der Waals surface area contributed by atoms with Gasteiger partial charge in [0.05, 0.1) is 11.4 Å². The second kappa shape index (κ2) is 6.89. The van der Waals surface area contributed by atoms with Crippen LogP contribution in [0.5, 0.6) is 0 Å². The molecule has 0 saturated carbocycles. The predicted octanol–water partition coefficient (Wildman–Crippen LogP) is 1.56. The molecule has 3 N–H and O–H groups in total. The number of rotatable bonds is 7. The Bertz CT molecular complexity index is 571. The molecule has 0 aliphatic carbocycles. The zero-order chi connectivity index (χ0) is 16.3. The van der Waals surface area contributed by atoms with E-state index in [0.29, 0.717) is 35.9 Å². The van der Waals surface area contributed by atoms with Crippen LogP contribution in [0.1, 0.15) is 45.0 Å². The van der Waals surface area contributed by atoms with Crippen LogP contribution in [0.3, 0.4) is 0 Å². The van der Waals surface area contributed by atoms with E-state index in [1.807, 2.05) is 0 Å². The fourth-order valence-electron chi connectivity index (χ4n) is 2.16. The van der Waals surface area contributed by atoms with E-state index in [9.17, 15) is 8.42 Å². The smallest absolute Gasteiger partial charge is 0.244 e. The average molecular weight is 316 g/mol. The van der Waals surface area contributed by atoms with Gasteiger partial charge in [-0.15, -0.1) is 0 Å². The molecule has 0 spiro atoms. The Morgan fingerprint density at radius 2 is 1.90 bits per heavy atom. The minimum atomic E-state index is -3.51. The number of hydrogen-bond acceptors (Lipinski definition) is 4. The Labute approximate surface area is 128 Å². The Balaban J connectivity index is 2.90. The summed E-state index contributed by atoms with van der Waals surface area (Å²) in [5.74, 6) is 0. The Morgan fingerprint density at radius 1 is 1.29 bits per heavy atom. The van der Waals surface area contributed by atoms with E-state index in [1.165, 1.54) is 0 Å². The highest BCUT2D eigenvalue weighted by molar-refractivity contribution is 7.89. The van der Waals surface area contributed by atoms with Gasteiger partial charge >= 0.3 is 0 Å². The van der Waals surface area contributed by atoms with Crippen LogP contribution in [-0.4, -0.2) is 31.3 Å². The SMILES string of the molecule is Cc1nn(CCCN)c(C)c1S(=O)(=O)NCCC(C)(C)C. The first-order valence-electron chi connectivity index (χ1n) is 7.32. The minimum Gasteiger partial charge on any atom is -0.330 e. The average Bonchev–Trinajstić information content (AvgIpc) is 2.60. The van der Waals surface area contributed by atoms with Crippen molar-refractivity contribution < 1.29 is 8.42 Å². The lowest BCUT2D eigenvalue weighted by Crippen LogP contribution is -2.28. The molecule has 0 amide bonds. The molecule has 1 aromatic rings. The van der Waals surface area contributed by atoms with Gasteiger partial charge < -0.3 is 5.73 Å². The lowest BCUT2D eigenvalue weighted by Gasteiger charge is -2.18. The maximum atomic E-state index is 12.5. The molecule has 0 unspecified atom stereocenters.